The van der Waals surface area contributed by atoms with E-state index in [0.29, 0.717) is 18.7 Å². The van der Waals surface area contributed by atoms with Crippen LogP contribution in [0.2, 0.25) is 0 Å². The highest BCUT2D eigenvalue weighted by atomic mass is 16.5. The second kappa shape index (κ2) is 7.88. The zero-order valence-electron chi connectivity index (χ0n) is 11.9. The van der Waals surface area contributed by atoms with Gasteiger partial charge in [0.25, 0.3) is 0 Å². The summed E-state index contributed by atoms with van der Waals surface area (Å²) in [5.41, 5.74) is 0.404. The molecule has 0 bridgehead atoms. The van der Waals surface area contributed by atoms with Crippen molar-refractivity contribution in [2.45, 2.75) is 19.4 Å². The second-order valence-electron chi connectivity index (χ2n) is 4.35. The molecule has 9 heteroatoms. The number of aliphatic carboxylic acids is 1. The van der Waals surface area contributed by atoms with Crippen molar-refractivity contribution >= 4 is 23.7 Å². The molecular formula is C12H18N4O5. The standard InChI is InChI=1S/C12H18N4O5/c1-15(5-3-4-11(19)21-2)12(20)14-9-6-13-16(7-9)8-10(17)18/h6-7H,3-5,8H2,1-2H3,(H,14,20)(H,17,18). The van der Waals surface area contributed by atoms with Crippen LogP contribution in [0, 0.1) is 0 Å². The molecule has 116 valence electrons. The minimum absolute atomic E-state index is 0.241. The van der Waals surface area contributed by atoms with Crippen LogP contribution in [0.4, 0.5) is 10.5 Å². The molecular weight excluding hydrogens is 280 g/mol. The summed E-state index contributed by atoms with van der Waals surface area (Å²) < 4.78 is 5.71. The van der Waals surface area contributed by atoms with Gasteiger partial charge in [0.15, 0.2) is 0 Å². The number of nitrogens with one attached hydrogen (secondary N) is 1. The second-order valence-corrected chi connectivity index (χ2v) is 4.35. The molecule has 0 spiro atoms. The molecule has 0 fully saturated rings. The Morgan fingerprint density at radius 1 is 1.48 bits per heavy atom. The maximum atomic E-state index is 11.8. The molecule has 2 amide bonds. The molecule has 0 radical (unpaired) electrons. The lowest BCUT2D eigenvalue weighted by Gasteiger charge is -2.16. The summed E-state index contributed by atoms with van der Waals surface area (Å²) in [5, 5.41) is 15.0. The molecule has 0 saturated heterocycles. The normalized spacial score (nSPS) is 10.0. The number of rotatable bonds is 7. The number of carboxylic acid groups (broad SMARTS) is 1. The van der Waals surface area contributed by atoms with E-state index < -0.39 is 5.97 Å². The Morgan fingerprint density at radius 2 is 2.19 bits per heavy atom. The van der Waals surface area contributed by atoms with Gasteiger partial charge in [-0.25, -0.2) is 4.79 Å². The molecule has 0 aromatic carbocycles. The predicted molar refractivity (Wildman–Crippen MR) is 72.8 cm³/mol. The van der Waals surface area contributed by atoms with Crippen LogP contribution in [-0.2, 0) is 20.9 Å². The molecule has 21 heavy (non-hydrogen) atoms. The van der Waals surface area contributed by atoms with E-state index in [-0.39, 0.29) is 25.0 Å². The van der Waals surface area contributed by atoms with E-state index in [4.69, 9.17) is 5.11 Å². The zero-order valence-corrected chi connectivity index (χ0v) is 11.9. The van der Waals surface area contributed by atoms with Gasteiger partial charge in [-0.1, -0.05) is 0 Å². The monoisotopic (exact) mass is 298 g/mol. The Balaban J connectivity index is 2.39. The number of anilines is 1. The fourth-order valence-corrected chi connectivity index (χ4v) is 1.54. The molecule has 1 rings (SSSR count). The van der Waals surface area contributed by atoms with Crippen LogP contribution in [0.5, 0.6) is 0 Å². The number of methoxy groups -OCH3 is 1. The summed E-state index contributed by atoms with van der Waals surface area (Å²) in [6, 6.07) is -0.366. The van der Waals surface area contributed by atoms with Gasteiger partial charge in [-0.15, -0.1) is 0 Å². The van der Waals surface area contributed by atoms with Crippen LogP contribution in [0.3, 0.4) is 0 Å². The van der Waals surface area contributed by atoms with Crippen molar-refractivity contribution in [2.24, 2.45) is 0 Å². The van der Waals surface area contributed by atoms with Gasteiger partial charge in [0.1, 0.15) is 6.54 Å². The van der Waals surface area contributed by atoms with Crippen molar-refractivity contribution in [1.82, 2.24) is 14.7 Å². The highest BCUT2D eigenvalue weighted by Gasteiger charge is 2.11. The average molecular weight is 298 g/mol. The number of amides is 2. The van der Waals surface area contributed by atoms with Crippen molar-refractivity contribution in [3.8, 4) is 0 Å². The van der Waals surface area contributed by atoms with E-state index in [1.807, 2.05) is 0 Å². The van der Waals surface area contributed by atoms with E-state index in [0.717, 1.165) is 0 Å². The van der Waals surface area contributed by atoms with Gasteiger partial charge in [0.2, 0.25) is 0 Å². The van der Waals surface area contributed by atoms with Crippen molar-refractivity contribution in [2.75, 3.05) is 26.0 Å². The van der Waals surface area contributed by atoms with E-state index in [1.54, 1.807) is 7.05 Å². The largest absolute Gasteiger partial charge is 0.480 e. The van der Waals surface area contributed by atoms with Crippen LogP contribution < -0.4 is 5.32 Å². The topological polar surface area (TPSA) is 114 Å². The summed E-state index contributed by atoms with van der Waals surface area (Å²) in [5.74, 6) is -1.34. The lowest BCUT2D eigenvalue weighted by molar-refractivity contribution is -0.141. The van der Waals surface area contributed by atoms with Crippen molar-refractivity contribution in [3.63, 3.8) is 0 Å². The van der Waals surface area contributed by atoms with Gasteiger partial charge in [-0.05, 0) is 6.42 Å². The van der Waals surface area contributed by atoms with E-state index in [1.165, 1.54) is 29.1 Å². The molecule has 0 unspecified atom stereocenters. The minimum Gasteiger partial charge on any atom is -0.480 e. The number of urea groups is 1. The smallest absolute Gasteiger partial charge is 0.325 e. The molecule has 0 aliphatic carbocycles. The van der Waals surface area contributed by atoms with Gasteiger partial charge in [-0.2, -0.15) is 5.10 Å². The molecule has 2 N–H and O–H groups in total. The van der Waals surface area contributed by atoms with Gasteiger partial charge < -0.3 is 20.1 Å². The summed E-state index contributed by atoms with van der Waals surface area (Å²) in [6.07, 6.45) is 3.52. The van der Waals surface area contributed by atoms with Gasteiger partial charge >= 0.3 is 18.0 Å². The maximum Gasteiger partial charge on any atom is 0.325 e. The fourth-order valence-electron chi connectivity index (χ4n) is 1.54. The molecule has 1 heterocycles. The van der Waals surface area contributed by atoms with Gasteiger partial charge in [-0.3, -0.25) is 14.3 Å². The van der Waals surface area contributed by atoms with Gasteiger partial charge in [0, 0.05) is 26.2 Å². The number of carboxylic acids is 1. The van der Waals surface area contributed by atoms with Crippen molar-refractivity contribution in [1.29, 1.82) is 0 Å². The van der Waals surface area contributed by atoms with Crippen LogP contribution >= 0.6 is 0 Å². The van der Waals surface area contributed by atoms with Gasteiger partial charge in [0.05, 0.1) is 19.0 Å². The molecule has 9 nitrogen and oxygen atoms in total. The number of esters is 1. The maximum absolute atomic E-state index is 11.8. The quantitative estimate of drug-likeness (QED) is 0.704. The number of carbonyl (C=O) groups excluding carboxylic acids is 2. The van der Waals surface area contributed by atoms with Crippen LogP contribution in [0.1, 0.15) is 12.8 Å². The highest BCUT2D eigenvalue weighted by molar-refractivity contribution is 5.88. The summed E-state index contributed by atoms with van der Waals surface area (Å²) in [6.45, 7) is 0.120. The molecule has 1 aromatic rings. The number of ether oxygens (including phenoxy) is 1. The van der Waals surface area contributed by atoms with E-state index >= 15 is 0 Å². The molecule has 0 saturated carbocycles. The third-order valence-electron chi connectivity index (χ3n) is 2.63. The average Bonchev–Trinajstić information content (AvgIpc) is 2.84. The van der Waals surface area contributed by atoms with Crippen LogP contribution in [0.15, 0.2) is 12.4 Å². The predicted octanol–water partition coefficient (Wildman–Crippen LogP) is 0.385. The Bertz CT molecular complexity index is 514. The van der Waals surface area contributed by atoms with Crippen LogP contribution in [-0.4, -0.2) is 58.5 Å². The number of nitrogens with zero attached hydrogens (tertiary/aromatic N) is 3. The van der Waals surface area contributed by atoms with E-state index in [2.05, 4.69) is 15.2 Å². The van der Waals surface area contributed by atoms with Crippen LogP contribution in [0.25, 0.3) is 0 Å². The number of hydrogen-bond acceptors (Lipinski definition) is 5. The Labute approximate surface area is 121 Å². The Kier molecular flexibility index (Phi) is 6.18. The SMILES string of the molecule is COC(=O)CCCN(C)C(=O)Nc1cnn(CC(=O)O)c1. The Hall–Kier alpha value is -2.58. The Morgan fingerprint density at radius 3 is 2.81 bits per heavy atom. The third kappa shape index (κ3) is 5.93. The molecule has 0 aliphatic heterocycles. The summed E-state index contributed by atoms with van der Waals surface area (Å²) >= 11 is 0. The van der Waals surface area contributed by atoms with Crippen molar-refractivity contribution < 1.29 is 24.2 Å². The lowest BCUT2D eigenvalue weighted by atomic mass is 10.3. The first-order chi connectivity index (χ1) is 9.92. The minimum atomic E-state index is -1.02. The molecule has 1 aromatic heterocycles. The summed E-state index contributed by atoms with van der Waals surface area (Å²) in [7, 11) is 2.90. The first kappa shape index (κ1) is 16.5. The molecule has 0 atom stereocenters. The molecule has 0 aliphatic rings. The summed E-state index contributed by atoms with van der Waals surface area (Å²) in [4.78, 5) is 34.7. The third-order valence-corrected chi connectivity index (χ3v) is 2.63. The highest BCUT2D eigenvalue weighted by Crippen LogP contribution is 2.06. The number of carbonyl (C=O) groups is 3. The number of aromatic nitrogens is 2. The fraction of sp³-hybridized carbons (Fsp3) is 0.500. The first-order valence-corrected chi connectivity index (χ1v) is 6.25. The number of hydrogen-bond donors (Lipinski definition) is 2. The van der Waals surface area contributed by atoms with E-state index in [9.17, 15) is 14.4 Å². The first-order valence-electron chi connectivity index (χ1n) is 6.25. The lowest BCUT2D eigenvalue weighted by Crippen LogP contribution is -2.32. The zero-order chi connectivity index (χ0) is 15.8. The van der Waals surface area contributed by atoms with Crippen molar-refractivity contribution in [3.05, 3.63) is 12.4 Å².